The van der Waals surface area contributed by atoms with Crippen LogP contribution in [0, 0.1) is 0 Å². The maximum Gasteiger partial charge on any atom is 0.326 e. The minimum atomic E-state index is -1.23. The topological polar surface area (TPSA) is 110 Å². The highest BCUT2D eigenvalue weighted by atomic mass is 16.5. The van der Waals surface area contributed by atoms with Crippen LogP contribution in [0.3, 0.4) is 0 Å². The molecule has 0 aliphatic heterocycles. The van der Waals surface area contributed by atoms with E-state index in [9.17, 15) is 19.5 Å². The first kappa shape index (κ1) is 34.0. The van der Waals surface area contributed by atoms with Gasteiger partial charge in [-0.3, -0.25) is 9.59 Å². The predicted octanol–water partition coefficient (Wildman–Crippen LogP) is 7.41. The Labute approximate surface area is 272 Å². The fourth-order valence-corrected chi connectivity index (χ4v) is 5.62. The van der Waals surface area contributed by atoms with Crippen molar-refractivity contribution in [1.29, 1.82) is 0 Å². The van der Waals surface area contributed by atoms with E-state index in [2.05, 4.69) is 32.9 Å². The first-order valence-corrected chi connectivity index (χ1v) is 15.6. The number of carboxylic acid groups (broad SMARTS) is 1. The van der Waals surface area contributed by atoms with Crippen LogP contribution in [0.25, 0.3) is 11.1 Å². The average Bonchev–Trinajstić information content (AvgIpc) is 3.01. The van der Waals surface area contributed by atoms with Gasteiger partial charge in [0.1, 0.15) is 18.4 Å². The molecule has 46 heavy (non-hydrogen) atoms. The standard InChI is InChI=1S/C39H44N2O5/c1-38(2,3)32-12-9-13-33(24-32)46-26-28-14-16-29(17-15-28)30-18-20-31(21-19-30)36(43)41(34(37(44)45)22-23-35(40)42)39(4,5)25-27-10-7-6-8-11-27/h6-21,24,34H,22-23,25-26H2,1-5H3,(H2,40,42)(H,44,45)/t34-/m0/s1. The lowest BCUT2D eigenvalue weighted by molar-refractivity contribution is -0.144. The van der Waals surface area contributed by atoms with Crippen molar-refractivity contribution in [3.8, 4) is 16.9 Å². The third-order valence-corrected chi connectivity index (χ3v) is 8.14. The Hall–Kier alpha value is -4.91. The Morgan fingerprint density at radius 1 is 0.783 bits per heavy atom. The molecule has 0 saturated carbocycles. The lowest BCUT2D eigenvalue weighted by Crippen LogP contribution is -2.57. The van der Waals surface area contributed by atoms with Gasteiger partial charge in [-0.15, -0.1) is 0 Å². The normalized spacial score (nSPS) is 12.3. The van der Waals surface area contributed by atoms with E-state index in [1.807, 2.05) is 92.7 Å². The number of ether oxygens (including phenoxy) is 1. The molecule has 4 aromatic rings. The monoisotopic (exact) mass is 620 g/mol. The molecule has 7 nitrogen and oxygen atoms in total. The first-order chi connectivity index (χ1) is 21.7. The number of hydrogen-bond acceptors (Lipinski definition) is 4. The number of nitrogens with zero attached hydrogens (tertiary/aromatic N) is 1. The van der Waals surface area contributed by atoms with Crippen molar-refractivity contribution in [3.05, 3.63) is 125 Å². The summed E-state index contributed by atoms with van der Waals surface area (Å²) in [6.45, 7) is 10.7. The van der Waals surface area contributed by atoms with Gasteiger partial charge in [-0.1, -0.05) is 99.6 Å². The summed E-state index contributed by atoms with van der Waals surface area (Å²) >= 11 is 0. The van der Waals surface area contributed by atoms with Crippen molar-refractivity contribution in [2.75, 3.05) is 0 Å². The zero-order chi connectivity index (χ0) is 33.5. The largest absolute Gasteiger partial charge is 0.489 e. The van der Waals surface area contributed by atoms with Crippen LogP contribution in [0.5, 0.6) is 5.75 Å². The number of amides is 2. The third-order valence-electron chi connectivity index (χ3n) is 8.14. The molecule has 0 unspecified atom stereocenters. The van der Waals surface area contributed by atoms with Gasteiger partial charge in [0, 0.05) is 17.5 Å². The molecular formula is C39H44N2O5. The lowest BCUT2D eigenvalue weighted by Gasteiger charge is -2.42. The van der Waals surface area contributed by atoms with Crippen molar-refractivity contribution >= 4 is 17.8 Å². The Bertz CT molecular complexity index is 1640. The fourth-order valence-electron chi connectivity index (χ4n) is 5.62. The molecule has 0 aliphatic rings. The number of primary amides is 1. The molecule has 0 bridgehead atoms. The highest BCUT2D eigenvalue weighted by Gasteiger charge is 2.40. The summed E-state index contributed by atoms with van der Waals surface area (Å²) in [6, 6.07) is 31.8. The maximum absolute atomic E-state index is 14.1. The summed E-state index contributed by atoms with van der Waals surface area (Å²) in [4.78, 5) is 39.5. The van der Waals surface area contributed by atoms with Crippen molar-refractivity contribution < 1.29 is 24.2 Å². The van der Waals surface area contributed by atoms with Crippen molar-refractivity contribution in [1.82, 2.24) is 4.90 Å². The number of aliphatic carboxylic acids is 1. The minimum absolute atomic E-state index is 0.0424. The third kappa shape index (κ3) is 8.84. The molecule has 2 amide bonds. The number of nitrogens with two attached hydrogens (primary N) is 1. The lowest BCUT2D eigenvalue weighted by atomic mass is 9.87. The first-order valence-electron chi connectivity index (χ1n) is 15.6. The second-order valence-corrected chi connectivity index (χ2v) is 13.3. The van der Waals surface area contributed by atoms with Crippen LogP contribution >= 0.6 is 0 Å². The zero-order valence-electron chi connectivity index (χ0n) is 27.3. The number of carbonyl (C=O) groups is 3. The van der Waals surface area contributed by atoms with Gasteiger partial charge in [-0.25, -0.2) is 4.79 Å². The Morgan fingerprint density at radius 2 is 1.39 bits per heavy atom. The molecule has 7 heteroatoms. The minimum Gasteiger partial charge on any atom is -0.489 e. The summed E-state index contributed by atoms with van der Waals surface area (Å²) < 4.78 is 6.06. The molecule has 240 valence electrons. The van der Waals surface area contributed by atoms with Gasteiger partial charge < -0.3 is 20.5 Å². The highest BCUT2D eigenvalue weighted by Crippen LogP contribution is 2.30. The Morgan fingerprint density at radius 3 is 1.96 bits per heavy atom. The van der Waals surface area contributed by atoms with E-state index < -0.39 is 29.4 Å². The van der Waals surface area contributed by atoms with Gasteiger partial charge in [0.2, 0.25) is 5.91 Å². The Balaban J connectivity index is 1.52. The molecule has 0 heterocycles. The predicted molar refractivity (Wildman–Crippen MR) is 182 cm³/mol. The fraction of sp³-hybridized carbons (Fsp3) is 0.308. The summed E-state index contributed by atoms with van der Waals surface area (Å²) in [7, 11) is 0. The van der Waals surface area contributed by atoms with E-state index in [1.54, 1.807) is 12.1 Å². The number of benzene rings is 4. The van der Waals surface area contributed by atoms with Gasteiger partial charge in [0.05, 0.1) is 0 Å². The number of hydrogen-bond donors (Lipinski definition) is 2. The van der Waals surface area contributed by atoms with Crippen molar-refractivity contribution in [3.63, 3.8) is 0 Å². The molecule has 0 radical (unpaired) electrons. The van der Waals surface area contributed by atoms with Gasteiger partial charge >= 0.3 is 5.97 Å². The van der Waals surface area contributed by atoms with E-state index in [4.69, 9.17) is 10.5 Å². The van der Waals surface area contributed by atoms with E-state index in [0.717, 1.165) is 28.0 Å². The molecule has 3 N–H and O–H groups in total. The molecule has 4 aromatic carbocycles. The average molecular weight is 621 g/mol. The number of carboxylic acids is 1. The SMILES string of the molecule is CC(C)(C)c1cccc(OCc2ccc(-c3ccc(C(=O)N([C@@H](CCC(N)=O)C(=O)O)C(C)(C)Cc4ccccc4)cc3)cc2)c1. The van der Waals surface area contributed by atoms with E-state index >= 15 is 0 Å². The quantitative estimate of drug-likeness (QED) is 0.162. The van der Waals surface area contributed by atoms with Crippen LogP contribution in [0.4, 0.5) is 0 Å². The summed E-state index contributed by atoms with van der Waals surface area (Å²) in [5.41, 5.74) is 9.98. The van der Waals surface area contributed by atoms with Crippen molar-refractivity contribution in [2.24, 2.45) is 5.73 Å². The molecule has 4 rings (SSSR count). The number of carbonyl (C=O) groups excluding carboxylic acids is 2. The van der Waals surface area contributed by atoms with Crippen LogP contribution in [0.1, 0.15) is 74.5 Å². The van der Waals surface area contributed by atoms with E-state index in [-0.39, 0.29) is 18.3 Å². The smallest absolute Gasteiger partial charge is 0.326 e. The Kier molecular flexibility index (Phi) is 10.7. The van der Waals surface area contributed by atoms with Crippen LogP contribution in [-0.2, 0) is 28.0 Å². The molecule has 0 spiro atoms. The van der Waals surface area contributed by atoms with Crippen molar-refractivity contribution in [2.45, 2.75) is 77.5 Å². The van der Waals surface area contributed by atoms with Gasteiger partial charge in [-0.05, 0) is 84.2 Å². The summed E-state index contributed by atoms with van der Waals surface area (Å²) in [6.07, 6.45) is 0.201. The maximum atomic E-state index is 14.1. The van der Waals surface area contributed by atoms with Crippen LogP contribution in [0.2, 0.25) is 0 Å². The summed E-state index contributed by atoms with van der Waals surface area (Å²) in [5, 5.41) is 10.2. The number of rotatable bonds is 13. The zero-order valence-corrected chi connectivity index (χ0v) is 27.3. The summed E-state index contributed by atoms with van der Waals surface area (Å²) in [5.74, 6) is -1.39. The highest BCUT2D eigenvalue weighted by molar-refractivity contribution is 5.97. The molecule has 0 saturated heterocycles. The van der Waals surface area contributed by atoms with Crippen LogP contribution in [0.15, 0.2) is 103 Å². The molecule has 0 aromatic heterocycles. The molecule has 0 fully saturated rings. The second-order valence-electron chi connectivity index (χ2n) is 13.3. The molecular weight excluding hydrogens is 576 g/mol. The van der Waals surface area contributed by atoms with E-state index in [0.29, 0.717) is 18.6 Å². The molecule has 0 aliphatic carbocycles. The van der Waals surface area contributed by atoms with Gasteiger partial charge in [0.15, 0.2) is 0 Å². The molecule has 1 atom stereocenters. The van der Waals surface area contributed by atoms with Gasteiger partial charge in [0.25, 0.3) is 5.91 Å². The van der Waals surface area contributed by atoms with E-state index in [1.165, 1.54) is 10.5 Å². The van der Waals surface area contributed by atoms with Gasteiger partial charge in [-0.2, -0.15) is 0 Å². The second kappa shape index (κ2) is 14.5. The van der Waals surface area contributed by atoms with Crippen LogP contribution < -0.4 is 10.5 Å². The van der Waals surface area contributed by atoms with Crippen LogP contribution in [-0.4, -0.2) is 39.4 Å².